The van der Waals surface area contributed by atoms with Crippen LogP contribution in [0.25, 0.3) is 0 Å². The van der Waals surface area contributed by atoms with Gasteiger partial charge < -0.3 is 10.6 Å². The van der Waals surface area contributed by atoms with Gasteiger partial charge in [-0.05, 0) is 94.0 Å². The van der Waals surface area contributed by atoms with Crippen molar-refractivity contribution in [2.24, 2.45) is 28.9 Å². The van der Waals surface area contributed by atoms with Crippen LogP contribution in [0.3, 0.4) is 0 Å². The van der Waals surface area contributed by atoms with Gasteiger partial charge >= 0.3 is 0 Å². The van der Waals surface area contributed by atoms with E-state index in [1.54, 1.807) is 38.5 Å². The van der Waals surface area contributed by atoms with E-state index >= 15 is 0 Å². The van der Waals surface area contributed by atoms with Crippen LogP contribution in [0, 0.1) is 23.2 Å². The number of rotatable bonds is 3. The summed E-state index contributed by atoms with van der Waals surface area (Å²) in [5.41, 5.74) is 6.88. The summed E-state index contributed by atoms with van der Waals surface area (Å²) in [7, 11) is 0. The maximum atomic E-state index is 6.12. The predicted octanol–water partition coefficient (Wildman–Crippen LogP) is 3.02. The second-order valence-corrected chi connectivity index (χ2v) is 8.37. The summed E-state index contributed by atoms with van der Waals surface area (Å²) in [5, 5.41) is 0. The molecule has 1 atom stereocenters. The molecule has 0 amide bonds. The second kappa shape index (κ2) is 4.73. The van der Waals surface area contributed by atoms with E-state index in [2.05, 4.69) is 4.90 Å². The Bertz CT molecular complexity index is 303. The summed E-state index contributed by atoms with van der Waals surface area (Å²) >= 11 is 0. The molecule has 0 aromatic heterocycles. The molecule has 5 rings (SSSR count). The Kier molecular flexibility index (Phi) is 3.15. The molecule has 2 N–H and O–H groups in total. The quantitative estimate of drug-likeness (QED) is 0.847. The van der Waals surface area contributed by atoms with Crippen molar-refractivity contribution in [3.05, 3.63) is 0 Å². The Labute approximate surface area is 118 Å². The lowest BCUT2D eigenvalue weighted by molar-refractivity contribution is -0.0616. The first-order chi connectivity index (χ1) is 9.21. The molecule has 0 aromatic rings. The maximum absolute atomic E-state index is 6.12. The van der Waals surface area contributed by atoms with Crippen LogP contribution in [0.15, 0.2) is 0 Å². The van der Waals surface area contributed by atoms with Crippen LogP contribution in [0.4, 0.5) is 0 Å². The van der Waals surface area contributed by atoms with Gasteiger partial charge in [-0.3, -0.25) is 0 Å². The summed E-state index contributed by atoms with van der Waals surface area (Å²) in [6, 6.07) is 0.449. The van der Waals surface area contributed by atoms with Crippen molar-refractivity contribution >= 4 is 0 Å². The van der Waals surface area contributed by atoms with E-state index in [1.165, 1.54) is 32.4 Å². The Hall–Kier alpha value is -0.0800. The zero-order valence-corrected chi connectivity index (χ0v) is 12.3. The molecule has 0 spiro atoms. The van der Waals surface area contributed by atoms with Crippen molar-refractivity contribution < 1.29 is 0 Å². The first kappa shape index (κ1) is 12.6. The third-order valence-corrected chi connectivity index (χ3v) is 6.67. The number of nitrogens with zero attached hydrogens (tertiary/aromatic N) is 1. The highest BCUT2D eigenvalue weighted by Crippen LogP contribution is 2.61. The SMILES string of the molecule is NC1CCCN(CCC23CC4CC(CC(C4)C2)C3)C1. The number of piperidine rings is 1. The average Bonchev–Trinajstić information content (AvgIpc) is 2.35. The van der Waals surface area contributed by atoms with E-state index in [0.29, 0.717) is 6.04 Å². The molecule has 1 saturated heterocycles. The van der Waals surface area contributed by atoms with E-state index < -0.39 is 0 Å². The molecule has 108 valence electrons. The fourth-order valence-electron chi connectivity index (χ4n) is 6.29. The Morgan fingerprint density at radius 2 is 1.63 bits per heavy atom. The molecular formula is C17H30N2. The van der Waals surface area contributed by atoms with Crippen LogP contribution >= 0.6 is 0 Å². The van der Waals surface area contributed by atoms with Gasteiger partial charge in [0.15, 0.2) is 0 Å². The van der Waals surface area contributed by atoms with Crippen LogP contribution in [-0.2, 0) is 0 Å². The maximum Gasteiger partial charge on any atom is 0.0168 e. The summed E-state index contributed by atoms with van der Waals surface area (Å²) in [5.74, 6) is 3.32. The van der Waals surface area contributed by atoms with Crippen LogP contribution in [0.1, 0.15) is 57.8 Å². The third kappa shape index (κ3) is 2.47. The summed E-state index contributed by atoms with van der Waals surface area (Å²) in [4.78, 5) is 2.66. The van der Waals surface area contributed by atoms with Crippen molar-refractivity contribution in [2.45, 2.75) is 63.8 Å². The highest BCUT2D eigenvalue weighted by molar-refractivity contribution is 5.01. The zero-order valence-electron chi connectivity index (χ0n) is 12.3. The average molecular weight is 262 g/mol. The predicted molar refractivity (Wildman–Crippen MR) is 78.9 cm³/mol. The fourth-order valence-corrected chi connectivity index (χ4v) is 6.29. The molecule has 4 aliphatic carbocycles. The molecular weight excluding hydrogens is 232 g/mol. The molecule has 5 fully saturated rings. The molecule has 4 bridgehead atoms. The van der Waals surface area contributed by atoms with Gasteiger partial charge in [0.1, 0.15) is 0 Å². The lowest BCUT2D eigenvalue weighted by atomic mass is 9.49. The lowest BCUT2D eigenvalue weighted by Gasteiger charge is -2.57. The largest absolute Gasteiger partial charge is 0.327 e. The topological polar surface area (TPSA) is 29.3 Å². The minimum absolute atomic E-state index is 0.449. The van der Waals surface area contributed by atoms with Crippen molar-refractivity contribution in [1.29, 1.82) is 0 Å². The van der Waals surface area contributed by atoms with Crippen molar-refractivity contribution in [1.82, 2.24) is 4.90 Å². The number of hydrogen-bond acceptors (Lipinski definition) is 2. The van der Waals surface area contributed by atoms with Gasteiger partial charge in [0.25, 0.3) is 0 Å². The summed E-state index contributed by atoms with van der Waals surface area (Å²) in [6.45, 7) is 3.80. The molecule has 1 aliphatic heterocycles. The minimum Gasteiger partial charge on any atom is -0.327 e. The standard InChI is InChI=1S/C17H30N2/c18-16-2-1-4-19(12-16)5-3-17-9-13-6-14(10-17)8-15(7-13)11-17/h13-16H,1-12,18H2. The van der Waals surface area contributed by atoms with Crippen LogP contribution < -0.4 is 5.73 Å². The van der Waals surface area contributed by atoms with E-state index in [1.807, 2.05) is 0 Å². The molecule has 4 saturated carbocycles. The highest BCUT2D eigenvalue weighted by Gasteiger charge is 2.50. The molecule has 5 aliphatic rings. The second-order valence-electron chi connectivity index (χ2n) is 8.37. The molecule has 2 heteroatoms. The Balaban J connectivity index is 1.37. The van der Waals surface area contributed by atoms with E-state index in [0.717, 1.165) is 29.7 Å². The number of likely N-dealkylation sites (tertiary alicyclic amines) is 1. The molecule has 2 nitrogen and oxygen atoms in total. The van der Waals surface area contributed by atoms with Crippen LogP contribution in [0.5, 0.6) is 0 Å². The Morgan fingerprint density at radius 1 is 1.00 bits per heavy atom. The van der Waals surface area contributed by atoms with Gasteiger partial charge in [-0.25, -0.2) is 0 Å². The van der Waals surface area contributed by atoms with Gasteiger partial charge in [-0.2, -0.15) is 0 Å². The van der Waals surface area contributed by atoms with Gasteiger partial charge in [-0.15, -0.1) is 0 Å². The van der Waals surface area contributed by atoms with Crippen LogP contribution in [0.2, 0.25) is 0 Å². The highest BCUT2D eigenvalue weighted by atomic mass is 15.1. The lowest BCUT2D eigenvalue weighted by Crippen LogP contribution is -2.49. The third-order valence-electron chi connectivity index (χ3n) is 6.67. The fraction of sp³-hybridized carbons (Fsp3) is 1.00. The van der Waals surface area contributed by atoms with Gasteiger partial charge in [0.2, 0.25) is 0 Å². The minimum atomic E-state index is 0.449. The van der Waals surface area contributed by atoms with E-state index in [4.69, 9.17) is 5.73 Å². The van der Waals surface area contributed by atoms with Crippen LogP contribution in [-0.4, -0.2) is 30.6 Å². The molecule has 19 heavy (non-hydrogen) atoms. The van der Waals surface area contributed by atoms with Crippen molar-refractivity contribution in [3.63, 3.8) is 0 Å². The molecule has 1 heterocycles. The molecule has 0 radical (unpaired) electrons. The zero-order chi connectivity index (χ0) is 12.9. The number of nitrogens with two attached hydrogens (primary N) is 1. The van der Waals surface area contributed by atoms with Crippen molar-refractivity contribution in [2.75, 3.05) is 19.6 Å². The normalized spacial score (nSPS) is 49.7. The monoisotopic (exact) mass is 262 g/mol. The first-order valence-corrected chi connectivity index (χ1v) is 8.69. The molecule has 1 unspecified atom stereocenters. The number of hydrogen-bond donors (Lipinski definition) is 1. The summed E-state index contributed by atoms with van der Waals surface area (Å²) in [6.07, 6.45) is 13.5. The first-order valence-electron chi connectivity index (χ1n) is 8.69. The van der Waals surface area contributed by atoms with Gasteiger partial charge in [0, 0.05) is 12.6 Å². The van der Waals surface area contributed by atoms with Gasteiger partial charge in [-0.1, -0.05) is 0 Å². The van der Waals surface area contributed by atoms with Gasteiger partial charge in [0.05, 0.1) is 0 Å². The summed E-state index contributed by atoms with van der Waals surface area (Å²) < 4.78 is 0. The van der Waals surface area contributed by atoms with E-state index in [-0.39, 0.29) is 0 Å². The van der Waals surface area contributed by atoms with Crippen molar-refractivity contribution in [3.8, 4) is 0 Å². The smallest absolute Gasteiger partial charge is 0.0168 e. The van der Waals surface area contributed by atoms with E-state index in [9.17, 15) is 0 Å². The Morgan fingerprint density at radius 3 is 2.21 bits per heavy atom. The molecule has 0 aromatic carbocycles.